The van der Waals surface area contributed by atoms with Crippen molar-refractivity contribution in [1.29, 1.82) is 5.26 Å². The SMILES string of the molecule is CN(C)C1(c2ccccc2)CC2(CN(c3cnc(C#N)c(C(F)(F)F)c3)C(=O)N2CC2CC2)C1. The van der Waals surface area contributed by atoms with Crippen LogP contribution in [0.2, 0.25) is 0 Å². The first-order valence-electron chi connectivity index (χ1n) is 11.4. The molecule has 2 aliphatic carbocycles. The summed E-state index contributed by atoms with van der Waals surface area (Å²) in [5.41, 5.74) is -1.27. The summed E-state index contributed by atoms with van der Waals surface area (Å²) in [6.07, 6.45) is -0.00714. The summed E-state index contributed by atoms with van der Waals surface area (Å²) in [6, 6.07) is 12.3. The zero-order chi connectivity index (χ0) is 24.3. The van der Waals surface area contributed by atoms with Crippen LogP contribution in [0.4, 0.5) is 23.7 Å². The molecule has 2 aromatic rings. The molecule has 0 unspecified atom stereocenters. The number of benzene rings is 1. The summed E-state index contributed by atoms with van der Waals surface area (Å²) in [7, 11) is 4.06. The third-order valence-corrected chi connectivity index (χ3v) is 7.63. The fourth-order valence-electron chi connectivity index (χ4n) is 5.60. The van der Waals surface area contributed by atoms with Crippen LogP contribution in [-0.4, -0.2) is 53.5 Å². The van der Waals surface area contributed by atoms with Crippen LogP contribution < -0.4 is 4.90 Å². The van der Waals surface area contributed by atoms with Crippen LogP contribution in [-0.2, 0) is 11.7 Å². The highest BCUT2D eigenvalue weighted by Crippen LogP contribution is 2.57. The summed E-state index contributed by atoms with van der Waals surface area (Å²) in [5, 5.41) is 9.08. The predicted molar refractivity (Wildman–Crippen MR) is 120 cm³/mol. The Morgan fingerprint density at radius 3 is 2.44 bits per heavy atom. The van der Waals surface area contributed by atoms with E-state index in [1.54, 1.807) is 0 Å². The molecule has 9 heteroatoms. The molecule has 5 rings (SSSR count). The molecule has 3 aliphatic rings. The number of nitrogens with zero attached hydrogens (tertiary/aromatic N) is 5. The van der Waals surface area contributed by atoms with Gasteiger partial charge < -0.3 is 4.90 Å². The van der Waals surface area contributed by atoms with Gasteiger partial charge in [0, 0.05) is 6.54 Å². The molecule has 178 valence electrons. The van der Waals surface area contributed by atoms with E-state index < -0.39 is 23.0 Å². The molecule has 2 saturated carbocycles. The number of hydrogen-bond acceptors (Lipinski definition) is 4. The number of carbonyl (C=O) groups is 1. The summed E-state index contributed by atoms with van der Waals surface area (Å²) in [6.45, 7) is 0.912. The lowest BCUT2D eigenvalue weighted by Gasteiger charge is -2.60. The van der Waals surface area contributed by atoms with Gasteiger partial charge in [0.1, 0.15) is 6.07 Å². The number of nitriles is 1. The van der Waals surface area contributed by atoms with E-state index in [2.05, 4.69) is 22.0 Å². The zero-order valence-electron chi connectivity index (χ0n) is 19.1. The third-order valence-electron chi connectivity index (χ3n) is 7.63. The molecule has 1 aromatic heterocycles. The fourth-order valence-corrected chi connectivity index (χ4v) is 5.60. The van der Waals surface area contributed by atoms with E-state index in [0.29, 0.717) is 31.8 Å². The lowest BCUT2D eigenvalue weighted by molar-refractivity contribution is -0.138. The standard InChI is InChI=1S/C25H26F3N5O/c1-31(2)24(18-6-4-3-5-7-18)14-23(15-24)16-32(22(34)33(23)13-17-8-9-17)19-10-20(25(26,27)28)21(11-29)30-12-19/h3-7,10,12,17H,8-9,13-16H2,1-2H3. The van der Waals surface area contributed by atoms with Crippen molar-refractivity contribution < 1.29 is 18.0 Å². The first kappa shape index (κ1) is 22.7. The highest BCUT2D eigenvalue weighted by atomic mass is 19.4. The number of rotatable bonds is 5. The number of alkyl halides is 3. The molecule has 1 spiro atoms. The van der Waals surface area contributed by atoms with Crippen LogP contribution >= 0.6 is 0 Å². The van der Waals surface area contributed by atoms with Crippen LogP contribution in [0.5, 0.6) is 0 Å². The van der Waals surface area contributed by atoms with Gasteiger partial charge in [0.15, 0.2) is 5.69 Å². The van der Waals surface area contributed by atoms with Crippen LogP contribution in [0.3, 0.4) is 0 Å². The van der Waals surface area contributed by atoms with Gasteiger partial charge in [-0.05, 0) is 57.3 Å². The van der Waals surface area contributed by atoms with E-state index in [1.807, 2.05) is 37.2 Å². The predicted octanol–water partition coefficient (Wildman–Crippen LogP) is 4.61. The highest BCUT2D eigenvalue weighted by molar-refractivity contribution is 5.95. The molecule has 2 heterocycles. The normalized spacial score (nSPS) is 26.8. The van der Waals surface area contributed by atoms with Gasteiger partial charge in [-0.25, -0.2) is 9.78 Å². The zero-order valence-corrected chi connectivity index (χ0v) is 19.1. The van der Waals surface area contributed by atoms with Crippen molar-refractivity contribution in [3.63, 3.8) is 0 Å². The molecular formula is C25H26F3N5O. The van der Waals surface area contributed by atoms with E-state index in [0.717, 1.165) is 18.9 Å². The highest BCUT2D eigenvalue weighted by Gasteiger charge is 2.65. The van der Waals surface area contributed by atoms with Crippen LogP contribution in [0.25, 0.3) is 0 Å². The Balaban J connectivity index is 1.51. The number of amides is 2. The summed E-state index contributed by atoms with van der Waals surface area (Å²) < 4.78 is 40.7. The molecule has 1 aromatic carbocycles. The molecule has 34 heavy (non-hydrogen) atoms. The molecule has 1 aliphatic heterocycles. The van der Waals surface area contributed by atoms with Crippen molar-refractivity contribution in [2.75, 3.05) is 32.1 Å². The Bertz CT molecular complexity index is 1150. The number of anilines is 1. The molecule has 0 bridgehead atoms. The molecule has 6 nitrogen and oxygen atoms in total. The van der Waals surface area contributed by atoms with Crippen LogP contribution in [0.1, 0.15) is 42.5 Å². The Morgan fingerprint density at radius 2 is 1.88 bits per heavy atom. The smallest absolute Gasteiger partial charge is 0.316 e. The van der Waals surface area contributed by atoms with E-state index in [1.165, 1.54) is 22.7 Å². The Kier molecular flexibility index (Phi) is 5.13. The monoisotopic (exact) mass is 469 g/mol. The quantitative estimate of drug-likeness (QED) is 0.642. The van der Waals surface area contributed by atoms with Gasteiger partial charge in [0.05, 0.1) is 35.1 Å². The minimum Gasteiger partial charge on any atom is -0.316 e. The molecular weight excluding hydrogens is 443 g/mol. The second-order valence-electron chi connectivity index (χ2n) is 9.99. The van der Waals surface area contributed by atoms with Gasteiger partial charge in [-0.1, -0.05) is 30.3 Å². The third kappa shape index (κ3) is 3.52. The molecule has 3 fully saturated rings. The summed E-state index contributed by atoms with van der Waals surface area (Å²) in [4.78, 5) is 22.8. The van der Waals surface area contributed by atoms with Gasteiger partial charge in [-0.2, -0.15) is 18.4 Å². The topological polar surface area (TPSA) is 63.5 Å². The largest absolute Gasteiger partial charge is 0.419 e. The van der Waals surface area contributed by atoms with E-state index in [4.69, 9.17) is 5.26 Å². The van der Waals surface area contributed by atoms with Crippen molar-refractivity contribution in [3.05, 3.63) is 59.4 Å². The minimum atomic E-state index is -4.73. The molecule has 2 amide bonds. The molecule has 0 radical (unpaired) electrons. The number of pyridine rings is 1. The number of aromatic nitrogens is 1. The number of halogens is 3. The molecule has 1 saturated heterocycles. The lowest BCUT2D eigenvalue weighted by atomic mass is 9.58. The van der Waals surface area contributed by atoms with E-state index in [9.17, 15) is 18.0 Å². The summed E-state index contributed by atoms with van der Waals surface area (Å²) >= 11 is 0. The van der Waals surface area contributed by atoms with Crippen molar-refractivity contribution in [1.82, 2.24) is 14.8 Å². The second kappa shape index (κ2) is 7.70. The van der Waals surface area contributed by atoms with Gasteiger partial charge in [0.25, 0.3) is 0 Å². The van der Waals surface area contributed by atoms with Gasteiger partial charge in [-0.3, -0.25) is 9.80 Å². The van der Waals surface area contributed by atoms with Crippen LogP contribution in [0, 0.1) is 17.2 Å². The molecule has 0 atom stereocenters. The fraction of sp³-hybridized carbons (Fsp3) is 0.480. The van der Waals surface area contributed by atoms with E-state index in [-0.39, 0.29) is 17.3 Å². The van der Waals surface area contributed by atoms with Crippen LogP contribution in [0.15, 0.2) is 42.6 Å². The Labute approximate surface area is 196 Å². The molecule has 0 N–H and O–H groups in total. The lowest BCUT2D eigenvalue weighted by Crippen LogP contribution is -2.67. The van der Waals surface area contributed by atoms with Gasteiger partial charge in [0.2, 0.25) is 0 Å². The van der Waals surface area contributed by atoms with Crippen molar-refractivity contribution in [2.45, 2.75) is 42.9 Å². The van der Waals surface area contributed by atoms with E-state index >= 15 is 0 Å². The maximum Gasteiger partial charge on any atom is 0.419 e. The number of carbonyl (C=O) groups excluding carboxylic acids is 1. The average Bonchev–Trinajstić information content (AvgIpc) is 3.56. The van der Waals surface area contributed by atoms with Crippen molar-refractivity contribution in [3.8, 4) is 6.07 Å². The first-order valence-corrected chi connectivity index (χ1v) is 11.4. The first-order chi connectivity index (χ1) is 16.1. The number of hydrogen-bond donors (Lipinski definition) is 0. The summed E-state index contributed by atoms with van der Waals surface area (Å²) in [5.74, 6) is 0.441. The maximum atomic E-state index is 13.6. The van der Waals surface area contributed by atoms with Gasteiger partial charge >= 0.3 is 12.2 Å². The Hall–Kier alpha value is -3.12. The Morgan fingerprint density at radius 1 is 1.21 bits per heavy atom. The maximum absolute atomic E-state index is 13.6. The van der Waals surface area contributed by atoms with Crippen molar-refractivity contribution >= 4 is 11.7 Å². The average molecular weight is 470 g/mol. The number of urea groups is 1. The van der Waals surface area contributed by atoms with Crippen molar-refractivity contribution in [2.24, 2.45) is 5.92 Å². The minimum absolute atomic E-state index is 0.0797. The van der Waals surface area contributed by atoms with Gasteiger partial charge in [-0.15, -0.1) is 0 Å². The second-order valence-corrected chi connectivity index (χ2v) is 9.99.